The quantitative estimate of drug-likeness (QED) is 0.477. The van der Waals surface area contributed by atoms with Crippen LogP contribution < -0.4 is 16.4 Å². The average Bonchev–Trinajstić information content (AvgIpc) is 2.93. The van der Waals surface area contributed by atoms with Crippen molar-refractivity contribution in [2.75, 3.05) is 31.9 Å². The number of nitrogens with one attached hydrogen (secondary N) is 2. The number of halogens is 1. The van der Waals surface area contributed by atoms with Crippen molar-refractivity contribution < 1.29 is 14.4 Å². The van der Waals surface area contributed by atoms with Crippen LogP contribution in [0.4, 0.5) is 10.7 Å². The summed E-state index contributed by atoms with van der Waals surface area (Å²) in [7, 11) is 0. The first-order chi connectivity index (χ1) is 18.7. The highest BCUT2D eigenvalue weighted by atomic mass is 35.5. The molecule has 0 aliphatic carbocycles. The molecule has 2 fully saturated rings. The molecule has 39 heavy (non-hydrogen) atoms. The van der Waals surface area contributed by atoms with Crippen LogP contribution in [-0.2, 0) is 21.7 Å². The van der Waals surface area contributed by atoms with Crippen molar-refractivity contribution in [3.63, 3.8) is 0 Å². The molecule has 1 atom stereocenters. The van der Waals surface area contributed by atoms with Crippen LogP contribution in [0, 0.1) is 11.8 Å². The van der Waals surface area contributed by atoms with Gasteiger partial charge in [-0.2, -0.15) is 0 Å². The van der Waals surface area contributed by atoms with Gasteiger partial charge in [0.25, 0.3) is 0 Å². The molecular formula is C28H38ClN7O3. The van der Waals surface area contributed by atoms with E-state index in [4.69, 9.17) is 17.3 Å². The Bertz CT molecular complexity index is 1140. The number of nitrogens with two attached hydrogens (primary N) is 1. The van der Waals surface area contributed by atoms with E-state index in [0.717, 1.165) is 56.4 Å². The molecule has 1 aromatic carbocycles. The summed E-state index contributed by atoms with van der Waals surface area (Å²) >= 11 is 6.15. The highest BCUT2D eigenvalue weighted by Crippen LogP contribution is 2.40. The van der Waals surface area contributed by atoms with Crippen LogP contribution in [0.3, 0.4) is 0 Å². The number of aromatic nitrogens is 2. The number of hydrogen-bond donors (Lipinski definition) is 3. The Morgan fingerprint density at radius 1 is 1.03 bits per heavy atom. The molecule has 2 aliphatic heterocycles. The number of nitrogen functional groups attached to an aromatic ring is 1. The third-order valence-corrected chi connectivity index (χ3v) is 8.37. The van der Waals surface area contributed by atoms with E-state index < -0.39 is 17.5 Å². The maximum Gasteiger partial charge on any atom is 0.322 e. The van der Waals surface area contributed by atoms with Crippen molar-refractivity contribution in [2.24, 2.45) is 11.8 Å². The van der Waals surface area contributed by atoms with E-state index in [-0.39, 0.29) is 23.7 Å². The van der Waals surface area contributed by atoms with Gasteiger partial charge in [-0.15, -0.1) is 0 Å². The fourth-order valence-corrected chi connectivity index (χ4v) is 6.15. The SMILES string of the molecule is CCC(NC(=O)NC(C)=O)(c1ccc(Cl)cc1)C1CCN(C(=O)C2CCN(Cc3cnc(N)nc3)CC2)CC1. The minimum atomic E-state index is -0.684. The average molecular weight is 556 g/mol. The minimum Gasteiger partial charge on any atom is -0.368 e. The van der Waals surface area contributed by atoms with E-state index in [0.29, 0.717) is 24.5 Å². The number of benzene rings is 1. The van der Waals surface area contributed by atoms with Crippen LogP contribution in [-0.4, -0.2) is 63.8 Å². The fourth-order valence-electron chi connectivity index (χ4n) is 6.03. The second-order valence-corrected chi connectivity index (χ2v) is 11.0. The van der Waals surface area contributed by atoms with Crippen molar-refractivity contribution in [3.05, 3.63) is 52.8 Å². The van der Waals surface area contributed by atoms with Gasteiger partial charge in [0, 0.05) is 55.5 Å². The zero-order valence-corrected chi connectivity index (χ0v) is 23.4. The topological polar surface area (TPSA) is 134 Å². The summed E-state index contributed by atoms with van der Waals surface area (Å²) in [4.78, 5) is 50.1. The van der Waals surface area contributed by atoms with Gasteiger partial charge in [0.1, 0.15) is 0 Å². The number of piperidine rings is 2. The zero-order valence-electron chi connectivity index (χ0n) is 22.7. The standard InChI is InChI=1S/C28H38ClN7O3/c1-3-28(34-27(39)33-19(2)37,22-4-6-24(29)7-5-22)23-10-14-36(15-11-23)25(38)21-8-12-35(13-9-21)18-20-16-31-26(30)32-17-20/h4-7,16-17,21,23H,3,8-15,18H2,1-2H3,(H2,30,31,32)(H2,33,34,37,39). The Kier molecular flexibility index (Phi) is 9.40. The number of carbonyl (C=O) groups excluding carboxylic acids is 3. The summed E-state index contributed by atoms with van der Waals surface area (Å²) in [5.74, 6) is 0.189. The third-order valence-electron chi connectivity index (χ3n) is 8.12. The summed E-state index contributed by atoms with van der Waals surface area (Å²) in [5.41, 5.74) is 6.85. The molecule has 1 unspecified atom stereocenters. The van der Waals surface area contributed by atoms with Crippen LogP contribution in [0.5, 0.6) is 0 Å². The highest BCUT2D eigenvalue weighted by Gasteiger charge is 2.43. The van der Waals surface area contributed by atoms with Crippen LogP contribution in [0.15, 0.2) is 36.7 Å². The van der Waals surface area contributed by atoms with E-state index in [1.165, 1.54) is 6.92 Å². The molecule has 4 rings (SSSR count). The summed E-state index contributed by atoms with van der Waals surface area (Å²) in [5, 5.41) is 6.08. The molecule has 0 saturated carbocycles. The molecule has 1 aromatic heterocycles. The maximum atomic E-state index is 13.4. The van der Waals surface area contributed by atoms with Crippen LogP contribution >= 0.6 is 11.6 Å². The molecule has 0 spiro atoms. The number of carbonyl (C=O) groups is 3. The lowest BCUT2D eigenvalue weighted by atomic mass is 9.71. The number of likely N-dealkylation sites (tertiary alicyclic amines) is 2. The Hall–Kier alpha value is -3.24. The third kappa shape index (κ3) is 7.05. The van der Waals surface area contributed by atoms with Crippen molar-refractivity contribution in [3.8, 4) is 0 Å². The smallest absolute Gasteiger partial charge is 0.322 e. The molecule has 10 nitrogen and oxygen atoms in total. The normalized spacial score (nSPS) is 18.8. The molecule has 11 heteroatoms. The largest absolute Gasteiger partial charge is 0.368 e. The lowest BCUT2D eigenvalue weighted by Gasteiger charge is -2.46. The van der Waals surface area contributed by atoms with Gasteiger partial charge in [-0.25, -0.2) is 14.8 Å². The summed E-state index contributed by atoms with van der Waals surface area (Å²) < 4.78 is 0. The first-order valence-corrected chi connectivity index (χ1v) is 14.0. The second kappa shape index (κ2) is 12.7. The molecule has 0 radical (unpaired) electrons. The Morgan fingerprint density at radius 2 is 1.64 bits per heavy atom. The lowest BCUT2D eigenvalue weighted by Crippen LogP contribution is -2.57. The van der Waals surface area contributed by atoms with E-state index in [9.17, 15) is 14.4 Å². The minimum absolute atomic E-state index is 0.0205. The Morgan fingerprint density at radius 3 is 2.21 bits per heavy atom. The molecular weight excluding hydrogens is 518 g/mol. The van der Waals surface area contributed by atoms with Crippen molar-refractivity contribution in [1.82, 2.24) is 30.4 Å². The lowest BCUT2D eigenvalue weighted by molar-refractivity contribution is -0.139. The summed E-state index contributed by atoms with van der Waals surface area (Å²) in [6.07, 6.45) is 7.29. The predicted octanol–water partition coefficient (Wildman–Crippen LogP) is 3.31. The number of rotatable bonds is 7. The molecule has 0 bridgehead atoms. The number of nitrogens with zero attached hydrogens (tertiary/aromatic N) is 4. The molecule has 4 N–H and O–H groups in total. The van der Waals surface area contributed by atoms with Gasteiger partial charge in [0.05, 0.1) is 5.54 Å². The highest BCUT2D eigenvalue weighted by molar-refractivity contribution is 6.30. The number of anilines is 1. The van der Waals surface area contributed by atoms with Gasteiger partial charge >= 0.3 is 6.03 Å². The first-order valence-electron chi connectivity index (χ1n) is 13.6. The summed E-state index contributed by atoms with van der Waals surface area (Å²) in [6, 6.07) is 6.98. The van der Waals surface area contributed by atoms with Crippen LogP contribution in [0.25, 0.3) is 0 Å². The van der Waals surface area contributed by atoms with Gasteiger partial charge in [0.2, 0.25) is 17.8 Å². The van der Waals surface area contributed by atoms with Crippen molar-refractivity contribution >= 4 is 35.4 Å². The summed E-state index contributed by atoms with van der Waals surface area (Å²) in [6.45, 7) is 7.07. The first kappa shape index (κ1) is 28.8. The van der Waals surface area contributed by atoms with Gasteiger partial charge in [-0.3, -0.25) is 19.8 Å². The maximum absolute atomic E-state index is 13.4. The van der Waals surface area contributed by atoms with Gasteiger partial charge in [-0.1, -0.05) is 30.7 Å². The Labute approximate surface area is 234 Å². The van der Waals surface area contributed by atoms with Crippen molar-refractivity contribution in [1.29, 1.82) is 0 Å². The van der Waals surface area contributed by atoms with Gasteiger partial charge in [0.15, 0.2) is 0 Å². The molecule has 2 saturated heterocycles. The van der Waals surface area contributed by atoms with E-state index in [2.05, 4.69) is 25.5 Å². The number of urea groups is 1. The Balaban J connectivity index is 1.37. The number of hydrogen-bond acceptors (Lipinski definition) is 7. The van der Waals surface area contributed by atoms with Gasteiger partial charge < -0.3 is 16.0 Å². The van der Waals surface area contributed by atoms with Crippen molar-refractivity contribution in [2.45, 2.75) is 58.0 Å². The fraction of sp³-hybridized carbons (Fsp3) is 0.536. The molecule has 3 heterocycles. The molecule has 4 amide bonds. The van der Waals surface area contributed by atoms with E-state index in [1.807, 2.05) is 36.1 Å². The van der Waals surface area contributed by atoms with E-state index in [1.54, 1.807) is 12.4 Å². The predicted molar refractivity (Wildman–Crippen MR) is 150 cm³/mol. The molecule has 210 valence electrons. The molecule has 2 aliphatic rings. The van der Waals surface area contributed by atoms with E-state index >= 15 is 0 Å². The van der Waals surface area contributed by atoms with Crippen LogP contribution in [0.1, 0.15) is 57.1 Å². The van der Waals surface area contributed by atoms with Crippen LogP contribution in [0.2, 0.25) is 5.02 Å². The van der Waals surface area contributed by atoms with Gasteiger partial charge in [-0.05, 0) is 68.8 Å². The number of amides is 4. The monoisotopic (exact) mass is 555 g/mol. The second-order valence-electron chi connectivity index (χ2n) is 10.6. The molecule has 2 aromatic rings. The number of imide groups is 1. The zero-order chi connectivity index (χ0) is 28.0.